The Balaban J connectivity index is 2.74. The van der Waals surface area contributed by atoms with Gasteiger partial charge >= 0.3 is 0 Å². The monoisotopic (exact) mass is 295 g/mol. The topological polar surface area (TPSA) is 103 Å². The molecule has 0 fully saturated rings. The van der Waals surface area contributed by atoms with Gasteiger partial charge in [0, 0.05) is 44.1 Å². The lowest BCUT2D eigenvalue weighted by Crippen LogP contribution is -2.29. The molecule has 0 radical (unpaired) electrons. The summed E-state index contributed by atoms with van der Waals surface area (Å²) in [5.41, 5.74) is 6.76. The van der Waals surface area contributed by atoms with Gasteiger partial charge in [-0.2, -0.15) is 0 Å². The second kappa shape index (κ2) is 8.93. The highest BCUT2D eigenvalue weighted by molar-refractivity contribution is 6.00. The first kappa shape index (κ1) is 16.9. The van der Waals surface area contributed by atoms with Crippen molar-refractivity contribution < 1.29 is 19.1 Å². The lowest BCUT2D eigenvalue weighted by Gasteiger charge is -2.09. The van der Waals surface area contributed by atoms with Crippen LogP contribution in [0, 0.1) is 0 Å². The zero-order valence-corrected chi connectivity index (χ0v) is 12.3. The SMILES string of the molecule is COCCNC(=O)c1cc(N)cc(C(=O)NCCOC)c1. The van der Waals surface area contributed by atoms with E-state index in [2.05, 4.69) is 10.6 Å². The molecule has 0 spiro atoms. The maximum absolute atomic E-state index is 11.9. The van der Waals surface area contributed by atoms with Crippen molar-refractivity contribution in [3.63, 3.8) is 0 Å². The average molecular weight is 295 g/mol. The molecular formula is C14H21N3O4. The van der Waals surface area contributed by atoms with Gasteiger partial charge < -0.3 is 25.8 Å². The Kier molecular flexibility index (Phi) is 7.20. The normalized spacial score (nSPS) is 10.2. The molecule has 0 heterocycles. The molecule has 0 saturated carbocycles. The Morgan fingerprint density at radius 3 is 1.76 bits per heavy atom. The standard InChI is InChI=1S/C14H21N3O4/c1-20-5-3-16-13(18)10-7-11(9-12(15)8-10)14(19)17-4-6-21-2/h7-9H,3-6,15H2,1-2H3,(H,16,18)(H,17,19). The number of nitrogen functional groups attached to an aromatic ring is 1. The van der Waals surface area contributed by atoms with Gasteiger partial charge in [-0.15, -0.1) is 0 Å². The number of nitrogens with one attached hydrogen (secondary N) is 2. The minimum Gasteiger partial charge on any atom is -0.399 e. The van der Waals surface area contributed by atoms with Gasteiger partial charge in [0.1, 0.15) is 0 Å². The third kappa shape index (κ3) is 5.80. The maximum atomic E-state index is 11.9. The summed E-state index contributed by atoms with van der Waals surface area (Å²) in [7, 11) is 3.10. The van der Waals surface area contributed by atoms with Gasteiger partial charge in [-0.25, -0.2) is 0 Å². The van der Waals surface area contributed by atoms with Crippen molar-refractivity contribution in [1.82, 2.24) is 10.6 Å². The highest BCUT2D eigenvalue weighted by Gasteiger charge is 2.11. The van der Waals surface area contributed by atoms with E-state index in [-0.39, 0.29) is 11.8 Å². The largest absolute Gasteiger partial charge is 0.399 e. The zero-order chi connectivity index (χ0) is 15.7. The van der Waals surface area contributed by atoms with Gasteiger partial charge in [0.05, 0.1) is 13.2 Å². The Morgan fingerprint density at radius 1 is 0.952 bits per heavy atom. The third-order valence-corrected chi connectivity index (χ3v) is 2.66. The van der Waals surface area contributed by atoms with Crippen molar-refractivity contribution in [1.29, 1.82) is 0 Å². The van der Waals surface area contributed by atoms with E-state index in [0.717, 1.165) is 0 Å². The first-order valence-corrected chi connectivity index (χ1v) is 6.53. The summed E-state index contributed by atoms with van der Waals surface area (Å²) in [4.78, 5) is 23.9. The minimum absolute atomic E-state index is 0.301. The molecular weight excluding hydrogens is 274 g/mol. The highest BCUT2D eigenvalue weighted by Crippen LogP contribution is 2.12. The van der Waals surface area contributed by atoms with E-state index < -0.39 is 0 Å². The fraction of sp³-hybridized carbons (Fsp3) is 0.429. The molecule has 1 rings (SSSR count). The molecule has 0 unspecified atom stereocenters. The van der Waals surface area contributed by atoms with Crippen LogP contribution in [0.5, 0.6) is 0 Å². The highest BCUT2D eigenvalue weighted by atomic mass is 16.5. The number of amides is 2. The van der Waals surface area contributed by atoms with Crippen LogP contribution >= 0.6 is 0 Å². The van der Waals surface area contributed by atoms with Gasteiger partial charge in [0.15, 0.2) is 0 Å². The Labute approximate surface area is 123 Å². The van der Waals surface area contributed by atoms with Crippen molar-refractivity contribution in [3.8, 4) is 0 Å². The molecule has 7 nitrogen and oxygen atoms in total. The van der Waals surface area contributed by atoms with Gasteiger partial charge in [0.2, 0.25) is 0 Å². The predicted octanol–water partition coefficient (Wildman–Crippen LogP) is 0.0212. The van der Waals surface area contributed by atoms with E-state index in [1.165, 1.54) is 18.2 Å². The summed E-state index contributed by atoms with van der Waals surface area (Å²) in [6.45, 7) is 1.61. The van der Waals surface area contributed by atoms with E-state index in [4.69, 9.17) is 15.2 Å². The molecule has 0 saturated heterocycles. The van der Waals surface area contributed by atoms with Crippen LogP contribution in [0.2, 0.25) is 0 Å². The van der Waals surface area contributed by atoms with Gasteiger partial charge in [-0.1, -0.05) is 0 Å². The van der Waals surface area contributed by atoms with E-state index in [1.807, 2.05) is 0 Å². The predicted molar refractivity (Wildman–Crippen MR) is 79.3 cm³/mol. The number of anilines is 1. The maximum Gasteiger partial charge on any atom is 0.251 e. The second-order valence-corrected chi connectivity index (χ2v) is 4.34. The van der Waals surface area contributed by atoms with Crippen molar-refractivity contribution in [2.45, 2.75) is 0 Å². The average Bonchev–Trinajstić information content (AvgIpc) is 2.47. The number of methoxy groups -OCH3 is 2. The molecule has 116 valence electrons. The second-order valence-electron chi connectivity index (χ2n) is 4.34. The van der Waals surface area contributed by atoms with Crippen LogP contribution in [0.25, 0.3) is 0 Å². The van der Waals surface area contributed by atoms with Crippen LogP contribution < -0.4 is 16.4 Å². The molecule has 2 amide bonds. The van der Waals surface area contributed by atoms with Crippen molar-refractivity contribution in [3.05, 3.63) is 29.3 Å². The van der Waals surface area contributed by atoms with Crippen molar-refractivity contribution in [2.75, 3.05) is 46.3 Å². The number of carbonyl (C=O) groups is 2. The van der Waals surface area contributed by atoms with Crippen LogP contribution in [0.4, 0.5) is 5.69 Å². The molecule has 4 N–H and O–H groups in total. The number of nitrogens with two attached hydrogens (primary N) is 1. The summed E-state index contributed by atoms with van der Waals surface area (Å²) in [6, 6.07) is 4.54. The first-order chi connectivity index (χ1) is 10.1. The van der Waals surface area contributed by atoms with Crippen LogP contribution in [0.1, 0.15) is 20.7 Å². The minimum atomic E-state index is -0.301. The number of hydrogen-bond donors (Lipinski definition) is 3. The number of hydrogen-bond acceptors (Lipinski definition) is 5. The van der Waals surface area contributed by atoms with E-state index in [9.17, 15) is 9.59 Å². The molecule has 1 aromatic carbocycles. The molecule has 7 heteroatoms. The molecule has 0 aromatic heterocycles. The Morgan fingerprint density at radius 2 is 1.38 bits per heavy atom. The lowest BCUT2D eigenvalue weighted by molar-refractivity contribution is 0.0937. The summed E-state index contributed by atoms with van der Waals surface area (Å²) in [5, 5.41) is 5.35. The van der Waals surface area contributed by atoms with E-state index in [0.29, 0.717) is 43.1 Å². The van der Waals surface area contributed by atoms with Crippen LogP contribution in [-0.4, -0.2) is 52.3 Å². The third-order valence-electron chi connectivity index (χ3n) is 2.66. The molecule has 1 aromatic rings. The molecule has 0 atom stereocenters. The lowest BCUT2D eigenvalue weighted by atomic mass is 10.1. The van der Waals surface area contributed by atoms with Crippen LogP contribution in [0.3, 0.4) is 0 Å². The van der Waals surface area contributed by atoms with Crippen LogP contribution in [0.15, 0.2) is 18.2 Å². The smallest absolute Gasteiger partial charge is 0.251 e. The molecule has 0 aliphatic rings. The molecule has 21 heavy (non-hydrogen) atoms. The van der Waals surface area contributed by atoms with Crippen molar-refractivity contribution in [2.24, 2.45) is 0 Å². The van der Waals surface area contributed by atoms with E-state index >= 15 is 0 Å². The number of rotatable bonds is 8. The Hall–Kier alpha value is -2.12. The number of ether oxygens (including phenoxy) is 2. The van der Waals surface area contributed by atoms with Crippen LogP contribution in [-0.2, 0) is 9.47 Å². The fourth-order valence-electron chi connectivity index (χ4n) is 1.65. The van der Waals surface area contributed by atoms with E-state index in [1.54, 1.807) is 14.2 Å². The molecule has 0 aliphatic carbocycles. The summed E-state index contributed by atoms with van der Waals surface area (Å²) >= 11 is 0. The van der Waals surface area contributed by atoms with Crippen molar-refractivity contribution >= 4 is 17.5 Å². The number of carbonyl (C=O) groups excluding carboxylic acids is 2. The first-order valence-electron chi connectivity index (χ1n) is 6.53. The summed E-state index contributed by atoms with van der Waals surface area (Å²) in [6.07, 6.45) is 0. The quantitative estimate of drug-likeness (QED) is 0.463. The molecule has 0 bridgehead atoms. The molecule has 0 aliphatic heterocycles. The zero-order valence-electron chi connectivity index (χ0n) is 12.3. The van der Waals surface area contributed by atoms with Gasteiger partial charge in [-0.3, -0.25) is 9.59 Å². The Bertz CT molecular complexity index is 451. The van der Waals surface area contributed by atoms with Gasteiger partial charge in [-0.05, 0) is 18.2 Å². The summed E-state index contributed by atoms with van der Waals surface area (Å²) < 4.78 is 9.71. The van der Waals surface area contributed by atoms with Gasteiger partial charge in [0.25, 0.3) is 11.8 Å². The number of benzene rings is 1. The summed E-state index contributed by atoms with van der Waals surface area (Å²) in [5.74, 6) is -0.601. The fourth-order valence-corrected chi connectivity index (χ4v) is 1.65.